The van der Waals surface area contributed by atoms with Crippen molar-refractivity contribution < 1.29 is 0 Å². The second-order valence-corrected chi connectivity index (χ2v) is 6.85. The molecule has 0 bridgehead atoms. The van der Waals surface area contributed by atoms with E-state index in [4.69, 9.17) is 0 Å². The first-order valence-corrected chi connectivity index (χ1v) is 7.13. The molecule has 1 heterocycles. The zero-order chi connectivity index (χ0) is 13.7. The van der Waals surface area contributed by atoms with Gasteiger partial charge in [-0.25, -0.2) is 0 Å². The quantitative estimate of drug-likeness (QED) is 0.730. The first kappa shape index (κ1) is 16.9. The lowest BCUT2D eigenvalue weighted by molar-refractivity contribution is 0.0690. The van der Waals surface area contributed by atoms with E-state index >= 15 is 0 Å². The summed E-state index contributed by atoms with van der Waals surface area (Å²) in [6.07, 6.45) is 1.40. The van der Waals surface area contributed by atoms with Crippen molar-refractivity contribution >= 4 is 0 Å². The van der Waals surface area contributed by atoms with Crippen LogP contribution in [-0.4, -0.2) is 47.1 Å². The molecule has 0 amide bonds. The van der Waals surface area contributed by atoms with Gasteiger partial charge in [0, 0.05) is 11.1 Å². The predicted octanol–water partition coefficient (Wildman–Crippen LogP) is 3.62. The van der Waals surface area contributed by atoms with Gasteiger partial charge in [-0.05, 0) is 74.1 Å². The van der Waals surface area contributed by atoms with Gasteiger partial charge in [0.25, 0.3) is 0 Å². The van der Waals surface area contributed by atoms with Crippen molar-refractivity contribution in [2.45, 2.75) is 72.9 Å². The molecule has 104 valence electrons. The van der Waals surface area contributed by atoms with Crippen LogP contribution in [0.15, 0.2) is 0 Å². The molecular weight excluding hydrogens is 208 g/mol. The number of nitrogens with zero attached hydrogens (tertiary/aromatic N) is 2. The monoisotopic (exact) mass is 242 g/mol. The molecule has 1 rings (SSSR count). The second-order valence-electron chi connectivity index (χ2n) is 6.85. The highest BCUT2D eigenvalue weighted by molar-refractivity contribution is 4.81. The summed E-state index contributed by atoms with van der Waals surface area (Å²) in [4.78, 5) is 4.93. The molecule has 1 fully saturated rings. The molecule has 17 heavy (non-hydrogen) atoms. The van der Waals surface area contributed by atoms with Crippen LogP contribution < -0.4 is 0 Å². The largest absolute Gasteiger partial charge is 0.299 e. The lowest BCUT2D eigenvalue weighted by Gasteiger charge is -2.42. The van der Waals surface area contributed by atoms with Crippen molar-refractivity contribution in [3.8, 4) is 0 Å². The molecule has 1 aliphatic heterocycles. The molecule has 0 unspecified atom stereocenters. The maximum Gasteiger partial charge on any atom is 0.0125 e. The maximum absolute atomic E-state index is 2.49. The minimum absolute atomic E-state index is 0.351. The van der Waals surface area contributed by atoms with Crippen LogP contribution in [0, 0.1) is 0 Å². The smallest absolute Gasteiger partial charge is 0.0125 e. The first-order chi connectivity index (χ1) is 7.62. The summed E-state index contributed by atoms with van der Waals surface area (Å²) in [5.74, 6) is 0. The Morgan fingerprint density at radius 1 is 0.882 bits per heavy atom. The molecule has 1 aliphatic rings. The Morgan fingerprint density at radius 2 is 1.29 bits per heavy atom. The van der Waals surface area contributed by atoms with Crippen molar-refractivity contribution in [3.63, 3.8) is 0 Å². The summed E-state index contributed by atoms with van der Waals surface area (Å²) in [6, 6.07) is 0. The Bertz CT molecular complexity index is 190. The van der Waals surface area contributed by atoms with E-state index in [2.05, 4.69) is 65.2 Å². The van der Waals surface area contributed by atoms with Gasteiger partial charge in [0.1, 0.15) is 0 Å². The van der Waals surface area contributed by atoms with Crippen molar-refractivity contribution in [1.29, 1.82) is 0 Å². The van der Waals surface area contributed by atoms with Crippen molar-refractivity contribution in [2.24, 2.45) is 0 Å². The molecule has 0 aromatic heterocycles. The maximum atomic E-state index is 2.49. The van der Waals surface area contributed by atoms with Crippen molar-refractivity contribution in [1.82, 2.24) is 9.80 Å². The molecule has 0 atom stereocenters. The van der Waals surface area contributed by atoms with Gasteiger partial charge < -0.3 is 0 Å². The van der Waals surface area contributed by atoms with Crippen LogP contribution >= 0.6 is 0 Å². The Kier molecular flexibility index (Phi) is 6.71. The first-order valence-electron chi connectivity index (χ1n) is 7.13. The molecule has 0 spiro atoms. The molecular formula is C15H34N2. The van der Waals surface area contributed by atoms with Crippen LogP contribution in [0.2, 0.25) is 0 Å². The highest BCUT2D eigenvalue weighted by Gasteiger charge is 2.25. The Labute approximate surface area is 109 Å². The molecule has 0 radical (unpaired) electrons. The van der Waals surface area contributed by atoms with Gasteiger partial charge in [-0.2, -0.15) is 0 Å². The molecule has 0 saturated carbocycles. The van der Waals surface area contributed by atoms with E-state index in [-0.39, 0.29) is 0 Å². The fourth-order valence-electron chi connectivity index (χ4n) is 2.16. The SMILES string of the molecule is CC(C)(C)N1CCC1.CCN(CC)C(C)(C)C. The highest BCUT2D eigenvalue weighted by Crippen LogP contribution is 2.19. The minimum atomic E-state index is 0.351. The standard InChI is InChI=1S/C8H19N.C7H15N/c1-6-9(7-2)8(3,4)5;1-7(2,3)8-5-4-6-8/h6-7H2,1-5H3;4-6H2,1-3H3. The van der Waals surface area contributed by atoms with Crippen LogP contribution in [0.1, 0.15) is 61.8 Å². The lowest BCUT2D eigenvalue weighted by atomic mass is 10.0. The van der Waals surface area contributed by atoms with E-state index in [1.54, 1.807) is 0 Å². The van der Waals surface area contributed by atoms with Gasteiger partial charge in [-0.15, -0.1) is 0 Å². The summed E-state index contributed by atoms with van der Waals surface area (Å²) >= 11 is 0. The Hall–Kier alpha value is -0.0800. The molecule has 2 heteroatoms. The van der Waals surface area contributed by atoms with E-state index in [9.17, 15) is 0 Å². The highest BCUT2D eigenvalue weighted by atomic mass is 15.2. The van der Waals surface area contributed by atoms with Gasteiger partial charge >= 0.3 is 0 Å². The normalized spacial score (nSPS) is 17.5. The average molecular weight is 242 g/mol. The third-order valence-electron chi connectivity index (χ3n) is 3.52. The fourth-order valence-corrected chi connectivity index (χ4v) is 2.16. The number of rotatable bonds is 2. The minimum Gasteiger partial charge on any atom is -0.299 e. The summed E-state index contributed by atoms with van der Waals surface area (Å²) < 4.78 is 0. The average Bonchev–Trinajstić information content (AvgIpc) is 1.97. The number of likely N-dealkylation sites (tertiary alicyclic amines) is 1. The lowest BCUT2D eigenvalue weighted by Crippen LogP contribution is -2.49. The molecule has 0 N–H and O–H groups in total. The summed E-state index contributed by atoms with van der Waals surface area (Å²) in [5, 5.41) is 0. The third kappa shape index (κ3) is 6.42. The van der Waals surface area contributed by atoms with E-state index in [1.165, 1.54) is 19.5 Å². The number of hydrogen-bond donors (Lipinski definition) is 0. The van der Waals surface area contributed by atoms with Gasteiger partial charge in [0.05, 0.1) is 0 Å². The van der Waals surface area contributed by atoms with Gasteiger partial charge in [0.15, 0.2) is 0 Å². The summed E-state index contributed by atoms with van der Waals surface area (Å²) in [6.45, 7) is 22.9. The Balaban J connectivity index is 0.000000302. The van der Waals surface area contributed by atoms with Gasteiger partial charge in [0.2, 0.25) is 0 Å². The van der Waals surface area contributed by atoms with E-state index in [0.717, 1.165) is 13.1 Å². The van der Waals surface area contributed by atoms with E-state index in [0.29, 0.717) is 11.1 Å². The van der Waals surface area contributed by atoms with Gasteiger partial charge in [-0.1, -0.05) is 13.8 Å². The van der Waals surface area contributed by atoms with Crippen LogP contribution in [0.3, 0.4) is 0 Å². The summed E-state index contributed by atoms with van der Waals surface area (Å²) in [7, 11) is 0. The fraction of sp³-hybridized carbons (Fsp3) is 1.00. The molecule has 1 saturated heterocycles. The molecule has 0 aromatic rings. The van der Waals surface area contributed by atoms with Crippen LogP contribution in [0.5, 0.6) is 0 Å². The summed E-state index contributed by atoms with van der Waals surface area (Å²) in [5.41, 5.74) is 0.780. The van der Waals surface area contributed by atoms with Gasteiger partial charge in [-0.3, -0.25) is 9.80 Å². The van der Waals surface area contributed by atoms with E-state index in [1.807, 2.05) is 0 Å². The predicted molar refractivity (Wildman–Crippen MR) is 78.6 cm³/mol. The second kappa shape index (κ2) is 6.75. The molecule has 0 aliphatic carbocycles. The number of hydrogen-bond acceptors (Lipinski definition) is 2. The molecule has 0 aromatic carbocycles. The van der Waals surface area contributed by atoms with Crippen LogP contribution in [-0.2, 0) is 0 Å². The Morgan fingerprint density at radius 3 is 1.29 bits per heavy atom. The van der Waals surface area contributed by atoms with Crippen LogP contribution in [0.4, 0.5) is 0 Å². The van der Waals surface area contributed by atoms with Crippen LogP contribution in [0.25, 0.3) is 0 Å². The molecule has 2 nitrogen and oxygen atoms in total. The van der Waals surface area contributed by atoms with Crippen molar-refractivity contribution in [2.75, 3.05) is 26.2 Å². The van der Waals surface area contributed by atoms with E-state index < -0.39 is 0 Å². The van der Waals surface area contributed by atoms with Crippen molar-refractivity contribution in [3.05, 3.63) is 0 Å². The zero-order valence-electron chi connectivity index (χ0n) is 13.4. The zero-order valence-corrected chi connectivity index (χ0v) is 13.4. The third-order valence-corrected chi connectivity index (χ3v) is 3.52. The topological polar surface area (TPSA) is 6.48 Å².